The summed E-state index contributed by atoms with van der Waals surface area (Å²) >= 11 is 0. The Balaban J connectivity index is 1.69. The Morgan fingerprint density at radius 1 is 0.700 bits per heavy atom. The van der Waals surface area contributed by atoms with Crippen molar-refractivity contribution in [1.82, 2.24) is 0 Å². The molecule has 0 radical (unpaired) electrons. The molecule has 3 nitrogen and oxygen atoms in total. The average molecular weight is 405 g/mol. The first kappa shape index (κ1) is 21.9. The second-order valence-electron chi connectivity index (χ2n) is 7.71. The summed E-state index contributed by atoms with van der Waals surface area (Å²) < 4.78 is 12.1. The smallest absolute Gasteiger partial charge is 0.123 e. The van der Waals surface area contributed by atoms with E-state index in [1.807, 2.05) is 78.9 Å². The molecule has 0 saturated carbocycles. The van der Waals surface area contributed by atoms with Crippen LogP contribution in [0.5, 0.6) is 11.5 Å². The number of rotatable bonds is 12. The number of aliphatic hydroxyl groups excluding tert-OH is 1. The molecule has 0 spiro atoms. The summed E-state index contributed by atoms with van der Waals surface area (Å²) in [5.41, 5.74) is 3.27. The maximum atomic E-state index is 10.4. The van der Waals surface area contributed by atoms with Gasteiger partial charge in [0.05, 0.1) is 6.10 Å². The van der Waals surface area contributed by atoms with Crippen LogP contribution >= 0.6 is 0 Å². The van der Waals surface area contributed by atoms with Gasteiger partial charge < -0.3 is 14.6 Å². The third-order valence-corrected chi connectivity index (χ3v) is 5.05. The molecule has 1 N–H and O–H groups in total. The van der Waals surface area contributed by atoms with Crippen LogP contribution in [0.3, 0.4) is 0 Å². The summed E-state index contributed by atoms with van der Waals surface area (Å²) in [5.74, 6) is 1.53. The highest BCUT2D eigenvalue weighted by Gasteiger charge is 2.10. The fraction of sp³-hybridized carbons (Fsp3) is 0.333. The van der Waals surface area contributed by atoms with Gasteiger partial charge in [-0.15, -0.1) is 0 Å². The zero-order valence-corrected chi connectivity index (χ0v) is 17.8. The molecule has 3 rings (SSSR count). The summed E-state index contributed by atoms with van der Waals surface area (Å²) in [6.45, 7) is 3.18. The Hall–Kier alpha value is -2.78. The number of unbranched alkanes of at least 4 members (excludes halogenated alkanes) is 2. The van der Waals surface area contributed by atoms with Crippen molar-refractivity contribution < 1.29 is 14.6 Å². The van der Waals surface area contributed by atoms with Gasteiger partial charge in [-0.3, -0.25) is 0 Å². The van der Waals surface area contributed by atoms with E-state index in [2.05, 4.69) is 6.92 Å². The molecule has 0 aliphatic heterocycles. The van der Waals surface area contributed by atoms with Crippen molar-refractivity contribution in [3.05, 3.63) is 95.6 Å². The van der Waals surface area contributed by atoms with Crippen LogP contribution in [0.15, 0.2) is 78.9 Å². The number of ether oxygens (including phenoxy) is 2. The Bertz CT molecular complexity index is 800. The molecule has 1 atom stereocenters. The number of aliphatic hydroxyl groups is 1. The van der Waals surface area contributed by atoms with Crippen molar-refractivity contribution in [2.24, 2.45) is 0 Å². The van der Waals surface area contributed by atoms with E-state index >= 15 is 0 Å². The van der Waals surface area contributed by atoms with Crippen molar-refractivity contribution in [2.45, 2.75) is 58.3 Å². The van der Waals surface area contributed by atoms with E-state index in [0.717, 1.165) is 53.9 Å². The first-order chi connectivity index (χ1) is 14.7. The van der Waals surface area contributed by atoms with Gasteiger partial charge in [-0.05, 0) is 41.7 Å². The van der Waals surface area contributed by atoms with Crippen molar-refractivity contribution in [3.8, 4) is 11.5 Å². The van der Waals surface area contributed by atoms with Gasteiger partial charge >= 0.3 is 0 Å². The van der Waals surface area contributed by atoms with Crippen molar-refractivity contribution in [3.63, 3.8) is 0 Å². The lowest BCUT2D eigenvalue weighted by Gasteiger charge is -2.15. The molecule has 3 heteroatoms. The van der Waals surface area contributed by atoms with Gasteiger partial charge in [0.25, 0.3) is 0 Å². The van der Waals surface area contributed by atoms with Crippen LogP contribution in [-0.4, -0.2) is 11.2 Å². The highest BCUT2D eigenvalue weighted by atomic mass is 16.5. The number of hydrogen-bond donors (Lipinski definition) is 1. The Labute approximate surface area is 180 Å². The minimum Gasteiger partial charge on any atom is -0.489 e. The lowest BCUT2D eigenvalue weighted by atomic mass is 10.0. The van der Waals surface area contributed by atoms with E-state index in [9.17, 15) is 5.11 Å². The second-order valence-corrected chi connectivity index (χ2v) is 7.71. The van der Waals surface area contributed by atoms with Crippen LogP contribution in [0.25, 0.3) is 0 Å². The molecule has 30 heavy (non-hydrogen) atoms. The largest absolute Gasteiger partial charge is 0.489 e. The topological polar surface area (TPSA) is 38.7 Å². The van der Waals surface area contributed by atoms with E-state index in [0.29, 0.717) is 19.6 Å². The lowest BCUT2D eigenvalue weighted by molar-refractivity contribution is 0.161. The van der Waals surface area contributed by atoms with Crippen LogP contribution in [0, 0.1) is 0 Å². The predicted octanol–water partition coefficient (Wildman–Crippen LogP) is 6.33. The van der Waals surface area contributed by atoms with Gasteiger partial charge in [-0.25, -0.2) is 0 Å². The molecule has 0 bridgehead atoms. The molecule has 0 heterocycles. The van der Waals surface area contributed by atoms with E-state index in [1.54, 1.807) is 0 Å². The van der Waals surface area contributed by atoms with Gasteiger partial charge in [0.15, 0.2) is 0 Å². The van der Waals surface area contributed by atoms with Gasteiger partial charge in [0.1, 0.15) is 24.7 Å². The van der Waals surface area contributed by atoms with E-state index in [1.165, 1.54) is 0 Å². The Morgan fingerprint density at radius 3 is 1.73 bits per heavy atom. The third kappa shape index (κ3) is 7.57. The van der Waals surface area contributed by atoms with Gasteiger partial charge in [-0.2, -0.15) is 0 Å². The summed E-state index contributed by atoms with van der Waals surface area (Å²) in [6, 6.07) is 26.2. The highest BCUT2D eigenvalue weighted by Crippen LogP contribution is 2.26. The quantitative estimate of drug-likeness (QED) is 0.359. The second kappa shape index (κ2) is 12.0. The molecule has 3 aromatic carbocycles. The molecule has 0 amide bonds. The molecule has 0 aliphatic carbocycles. The van der Waals surface area contributed by atoms with E-state index in [4.69, 9.17) is 9.47 Å². The molecule has 0 aliphatic rings. The molecular weight excluding hydrogens is 372 g/mol. The van der Waals surface area contributed by atoms with Gasteiger partial charge in [0, 0.05) is 6.07 Å². The third-order valence-electron chi connectivity index (χ3n) is 5.05. The molecule has 158 valence electrons. The van der Waals surface area contributed by atoms with Crippen molar-refractivity contribution in [2.75, 3.05) is 0 Å². The Kier molecular flexibility index (Phi) is 8.80. The van der Waals surface area contributed by atoms with Crippen molar-refractivity contribution in [1.29, 1.82) is 0 Å². The molecular formula is C27H32O3. The maximum absolute atomic E-state index is 10.4. The first-order valence-electron chi connectivity index (χ1n) is 10.9. The van der Waals surface area contributed by atoms with E-state index in [-0.39, 0.29) is 6.10 Å². The van der Waals surface area contributed by atoms with E-state index < -0.39 is 0 Å². The fourth-order valence-electron chi connectivity index (χ4n) is 3.40. The minimum absolute atomic E-state index is 0.345. The van der Waals surface area contributed by atoms with Crippen LogP contribution in [0.4, 0.5) is 0 Å². The Morgan fingerprint density at radius 2 is 1.23 bits per heavy atom. The maximum Gasteiger partial charge on any atom is 0.123 e. The monoisotopic (exact) mass is 404 g/mol. The SMILES string of the molecule is CCCCC[C@@H](O)Cc1cc(OCc2ccccc2)cc(OCc2ccccc2)c1. The first-order valence-corrected chi connectivity index (χ1v) is 10.9. The molecule has 3 aromatic rings. The zero-order valence-electron chi connectivity index (χ0n) is 17.8. The molecule has 0 aromatic heterocycles. The number of hydrogen-bond acceptors (Lipinski definition) is 3. The summed E-state index contributed by atoms with van der Waals surface area (Å²) in [6.07, 6.45) is 4.45. The highest BCUT2D eigenvalue weighted by molar-refractivity contribution is 5.39. The minimum atomic E-state index is -0.345. The van der Waals surface area contributed by atoms with Crippen LogP contribution < -0.4 is 9.47 Å². The van der Waals surface area contributed by atoms with Crippen LogP contribution in [0.1, 0.15) is 49.3 Å². The predicted molar refractivity (Wildman–Crippen MR) is 122 cm³/mol. The molecule has 0 fully saturated rings. The lowest BCUT2D eigenvalue weighted by Crippen LogP contribution is -2.10. The number of benzene rings is 3. The standard InChI is InChI=1S/C27H32O3/c1-2-3-6-15-25(28)16-24-17-26(29-20-22-11-7-4-8-12-22)19-27(18-24)30-21-23-13-9-5-10-14-23/h4-5,7-14,17-19,25,28H,2-3,6,15-16,20-21H2,1H3/t25-/m1/s1. The summed E-state index contributed by atoms with van der Waals surface area (Å²) in [5, 5.41) is 10.4. The average Bonchev–Trinajstić information content (AvgIpc) is 2.78. The molecule has 0 saturated heterocycles. The van der Waals surface area contributed by atoms with Crippen LogP contribution in [-0.2, 0) is 19.6 Å². The fourth-order valence-corrected chi connectivity index (χ4v) is 3.40. The molecule has 0 unspecified atom stereocenters. The summed E-state index contributed by atoms with van der Waals surface area (Å²) in [4.78, 5) is 0. The van der Waals surface area contributed by atoms with Crippen molar-refractivity contribution >= 4 is 0 Å². The van der Waals surface area contributed by atoms with Crippen LogP contribution in [0.2, 0.25) is 0 Å². The van der Waals surface area contributed by atoms with Gasteiger partial charge in [0.2, 0.25) is 0 Å². The van der Waals surface area contributed by atoms with Gasteiger partial charge in [-0.1, -0.05) is 86.8 Å². The normalized spacial score (nSPS) is 11.8. The zero-order chi connectivity index (χ0) is 21.0. The summed E-state index contributed by atoms with van der Waals surface area (Å²) in [7, 11) is 0.